The first kappa shape index (κ1) is 111. The van der Waals surface area contributed by atoms with Crippen molar-refractivity contribution in [3.8, 4) is 0 Å². The van der Waals surface area contributed by atoms with Gasteiger partial charge in [-0.25, -0.2) is 18.9 Å². The third-order valence-electron chi connectivity index (χ3n) is 22.5. The Bertz CT molecular complexity index is 3140. The summed E-state index contributed by atoms with van der Waals surface area (Å²) in [7, 11) is -2.51. The lowest BCUT2D eigenvalue weighted by molar-refractivity contribution is -0.350. The summed E-state index contributed by atoms with van der Waals surface area (Å²) in [5.74, 6) is -21.2. The van der Waals surface area contributed by atoms with Gasteiger partial charge in [0.15, 0.2) is 0 Å². The van der Waals surface area contributed by atoms with Gasteiger partial charge in [-0.3, -0.25) is 28.2 Å². The molecule has 4 rings (SSSR count). The minimum Gasteiger partial charge on any atom is -0.477 e. The maximum Gasteiger partial charge on any atom is 0.472 e. The molecule has 27 atom stereocenters. The molecule has 1 aliphatic carbocycles. The van der Waals surface area contributed by atoms with E-state index in [0.29, 0.717) is 12.8 Å². The number of rotatable bonds is 65. The van der Waals surface area contributed by atoms with Crippen molar-refractivity contribution in [2.24, 2.45) is 0 Å². The SMILES string of the molecule is CCCCCCCCCCC/C=C/[C@@H](O)[C@H](COP(=O)(O)O[C@H]1[C@H](O)[C@H](O[C@]2(C(=O)O)C[C@H](O)[C@@H](NC(=O)CO[C@]3(C(=O)O)C[C@H](O)[C@@H](NC(=O)CO[C@]4(C(=O)O)C[C@H](O)[C@@H](NC(=O)CO)[C@H]([C@H](O)[C@H](O)COC)O4)[C@H]([C@H](O)[C@H](O)COC)O3)[C@H]([C@H](O)[C@H](O)COC)O2)[C@@H](O)[C@H](O)[C@H]1O)NC(=O)CCCCCCCCCCCCCCCCCCCCC. The summed E-state index contributed by atoms with van der Waals surface area (Å²) in [5.41, 5.74) is 0. The lowest BCUT2D eigenvalue weighted by Gasteiger charge is -2.50. The van der Waals surface area contributed by atoms with Gasteiger partial charge in [0.1, 0.15) is 111 Å². The van der Waals surface area contributed by atoms with E-state index in [-0.39, 0.29) is 6.42 Å². The van der Waals surface area contributed by atoms with E-state index >= 15 is 0 Å². The van der Waals surface area contributed by atoms with Crippen LogP contribution in [0.3, 0.4) is 0 Å². The molecule has 3 heterocycles. The van der Waals surface area contributed by atoms with E-state index in [9.17, 15) is 135 Å². The van der Waals surface area contributed by atoms with E-state index in [1.807, 2.05) is 0 Å². The number of allylic oxidation sites excluding steroid dienone is 1. The molecule has 1 saturated carbocycles. The smallest absolute Gasteiger partial charge is 0.472 e. The highest BCUT2D eigenvalue weighted by Gasteiger charge is 2.63. The normalized spacial score (nSPS) is 29.9. The molecular weight excluding hydrogens is 1660 g/mol. The number of carbonyl (C=O) groups excluding carboxylic acids is 4. The third-order valence-corrected chi connectivity index (χ3v) is 23.5. The van der Waals surface area contributed by atoms with Crippen molar-refractivity contribution in [3.05, 3.63) is 12.2 Å². The molecule has 42 nitrogen and oxygen atoms in total. The van der Waals surface area contributed by atoms with Gasteiger partial charge in [-0.1, -0.05) is 193 Å². The molecule has 123 heavy (non-hydrogen) atoms. The second kappa shape index (κ2) is 57.3. The van der Waals surface area contributed by atoms with E-state index in [1.54, 1.807) is 6.08 Å². The Morgan fingerprint density at radius 3 is 1.13 bits per heavy atom. The Kier molecular flexibility index (Phi) is 51.5. The van der Waals surface area contributed by atoms with Crippen molar-refractivity contribution >= 4 is 49.4 Å². The van der Waals surface area contributed by atoms with E-state index in [2.05, 4.69) is 35.1 Å². The number of aliphatic carboxylic acids is 3. The second-order valence-corrected chi connectivity index (χ2v) is 33.9. The fourth-order valence-electron chi connectivity index (χ4n) is 15.5. The predicted molar refractivity (Wildman–Crippen MR) is 431 cm³/mol. The van der Waals surface area contributed by atoms with Crippen LogP contribution in [0, 0.1) is 0 Å². The number of amides is 4. The molecule has 0 spiro atoms. The number of hydrogen-bond donors (Lipinski definition) is 23. The number of phosphoric ester groups is 1. The van der Waals surface area contributed by atoms with Crippen LogP contribution in [0.15, 0.2) is 12.2 Å². The number of methoxy groups -OCH3 is 3. The van der Waals surface area contributed by atoms with E-state index < -0.39 is 272 Å². The Balaban J connectivity index is 1.51. The number of carboxylic acid groups (broad SMARTS) is 3. The molecule has 0 aromatic carbocycles. The molecule has 3 saturated heterocycles. The molecule has 716 valence electrons. The summed E-state index contributed by atoms with van der Waals surface area (Å²) < 4.78 is 72.7. The number of carboxylic acids is 3. The third kappa shape index (κ3) is 35.9. The van der Waals surface area contributed by atoms with Gasteiger partial charge in [0.2, 0.25) is 23.6 Å². The van der Waals surface area contributed by atoms with Gasteiger partial charge >= 0.3 is 25.7 Å². The summed E-state index contributed by atoms with van der Waals surface area (Å²) in [5, 5.41) is 209. The van der Waals surface area contributed by atoms with Gasteiger partial charge in [0, 0.05) is 47.0 Å². The molecule has 23 N–H and O–H groups in total. The van der Waals surface area contributed by atoms with Crippen LogP contribution in [0.1, 0.15) is 226 Å². The quantitative estimate of drug-likeness (QED) is 0.0194. The Morgan fingerprint density at radius 2 is 0.772 bits per heavy atom. The molecule has 0 aromatic rings. The molecule has 4 amide bonds. The number of nitrogens with one attached hydrogen (secondary N) is 4. The maximum atomic E-state index is 14.1. The molecule has 0 radical (unpaired) electrons. The number of carbonyl (C=O) groups is 7. The molecular formula is C80H143N4O38P. The molecule has 43 heteroatoms. The summed E-state index contributed by atoms with van der Waals surface area (Å²) in [6.45, 7) is -2.97. The van der Waals surface area contributed by atoms with Gasteiger partial charge in [0.25, 0.3) is 17.4 Å². The van der Waals surface area contributed by atoms with Crippen molar-refractivity contribution in [1.29, 1.82) is 0 Å². The predicted octanol–water partition coefficient (Wildman–Crippen LogP) is -1.15. The van der Waals surface area contributed by atoms with Crippen LogP contribution in [0.4, 0.5) is 0 Å². The average Bonchev–Trinajstić information content (AvgIpc) is 0.756. The molecule has 0 bridgehead atoms. The zero-order valence-electron chi connectivity index (χ0n) is 71.4. The van der Waals surface area contributed by atoms with Crippen molar-refractivity contribution in [1.82, 2.24) is 21.3 Å². The summed E-state index contributed by atoms with van der Waals surface area (Å²) in [6.07, 6.45) is -12.9. The van der Waals surface area contributed by atoms with Crippen molar-refractivity contribution in [2.75, 3.05) is 67.6 Å². The first-order valence-corrected chi connectivity index (χ1v) is 44.7. The van der Waals surface area contributed by atoms with Gasteiger partial charge in [0.05, 0.1) is 75.0 Å². The highest BCUT2D eigenvalue weighted by molar-refractivity contribution is 7.47. The second-order valence-electron chi connectivity index (χ2n) is 32.5. The van der Waals surface area contributed by atoms with E-state index in [4.69, 9.17) is 51.7 Å². The number of phosphoric acid groups is 1. The van der Waals surface area contributed by atoms with Crippen LogP contribution in [-0.2, 0) is 89.8 Å². The largest absolute Gasteiger partial charge is 0.477 e. The Labute approximate surface area is 717 Å². The molecule has 4 fully saturated rings. The van der Waals surface area contributed by atoms with Crippen LogP contribution in [0.2, 0.25) is 0 Å². The summed E-state index contributed by atoms with van der Waals surface area (Å²) in [6, 6.07) is -7.44. The minimum absolute atomic E-state index is 0.0135. The molecule has 4 aliphatic rings. The van der Waals surface area contributed by atoms with Crippen molar-refractivity contribution in [2.45, 2.75) is 383 Å². The fourth-order valence-corrected chi connectivity index (χ4v) is 16.4. The van der Waals surface area contributed by atoms with Gasteiger partial charge in [-0.15, -0.1) is 0 Å². The van der Waals surface area contributed by atoms with Gasteiger partial charge in [-0.05, 0) is 19.3 Å². The highest BCUT2D eigenvalue weighted by Crippen LogP contribution is 2.49. The van der Waals surface area contributed by atoms with Crippen LogP contribution < -0.4 is 21.3 Å². The van der Waals surface area contributed by atoms with Crippen LogP contribution in [-0.4, -0.2) is 363 Å². The first-order valence-electron chi connectivity index (χ1n) is 43.2. The molecule has 1 unspecified atom stereocenters. The summed E-state index contributed by atoms with van der Waals surface area (Å²) in [4.78, 5) is 105. The Hall–Kier alpha value is -4.82. The average molecular weight is 1800 g/mol. The number of unbranched alkanes of at least 4 members (excludes halogenated alkanes) is 27. The fraction of sp³-hybridized carbons (Fsp3) is 0.887. The van der Waals surface area contributed by atoms with Crippen LogP contribution in [0.5, 0.6) is 0 Å². The molecule has 0 aromatic heterocycles. The zero-order valence-corrected chi connectivity index (χ0v) is 72.3. The number of hydrogen-bond acceptors (Lipinski definition) is 34. The number of aliphatic hydroxyl groups is 15. The lowest BCUT2D eigenvalue weighted by Crippen LogP contribution is -2.71. The zero-order chi connectivity index (χ0) is 91.6. The molecule has 3 aliphatic heterocycles. The monoisotopic (exact) mass is 1800 g/mol. The number of aliphatic hydroxyl groups excluding tert-OH is 15. The van der Waals surface area contributed by atoms with E-state index in [1.165, 1.54) is 96.0 Å². The van der Waals surface area contributed by atoms with Gasteiger partial charge in [-0.2, -0.15) is 0 Å². The number of ether oxygens (including phenoxy) is 9. The highest BCUT2D eigenvalue weighted by atomic mass is 31.2. The topological polar surface area (TPSA) is 671 Å². The van der Waals surface area contributed by atoms with Gasteiger partial charge < -0.3 is 161 Å². The summed E-state index contributed by atoms with van der Waals surface area (Å²) >= 11 is 0. The van der Waals surface area contributed by atoms with Crippen LogP contribution >= 0.6 is 7.82 Å². The maximum absolute atomic E-state index is 14.1. The van der Waals surface area contributed by atoms with Crippen LogP contribution in [0.25, 0.3) is 0 Å². The minimum atomic E-state index is -5.70. The van der Waals surface area contributed by atoms with Crippen molar-refractivity contribution in [3.63, 3.8) is 0 Å². The Morgan fingerprint density at radius 1 is 0.439 bits per heavy atom. The van der Waals surface area contributed by atoms with Crippen molar-refractivity contribution < 1.29 is 187 Å². The standard InChI is InChI=1S/C80H143N4O38P/c1-6-8-10-12-14-16-18-19-20-21-22-23-24-25-27-29-31-33-35-37-56(93)81-48(49(86)36-34-32-30-28-26-17-15-13-11-9-7-2)42-117-123(110,111)122-74-68(102)66(100)67(101)73(69(74)103)121-80(77(108)109)40-52(89)62(72(120-80)65(99)55(92)45-114-5)84-59(96)47-116-79(76(106)107)39-51(88)61(71(119-79)64(98)54(91)44-113-4)83-58(95)46-115-78(75(104)105)38-50(87)60(82-57(94)41-85)70(118-78)63(97)53(90)43-112-3/h34,36,48-55,60-74,85-92,97-103H,6-33,35,37-47H2,1-5H3,(H,81,93)(H,82,94)(H,83,95)(H,84,96)(H,104,105)(H,106,107)(H,108,109)(H,110,111)/b36-34+/t48-,49+,50-,51-,52-,53+,54+,55+,60+,61+,62+,63+,64+,65+,66-,67-,68+,69+,70+,71+,72+,73+,74+,78+,79+,80-/m0/s1. The lowest BCUT2D eigenvalue weighted by atomic mass is 9.84. The first-order chi connectivity index (χ1) is 58.4. The van der Waals surface area contributed by atoms with E-state index in [0.717, 1.165) is 105 Å².